The van der Waals surface area contributed by atoms with E-state index in [1.54, 1.807) is 6.92 Å². The molecule has 2 N–H and O–H groups in total. The van der Waals surface area contributed by atoms with E-state index < -0.39 is 18.5 Å². The van der Waals surface area contributed by atoms with Crippen LogP contribution in [0.1, 0.15) is 13.8 Å². The van der Waals surface area contributed by atoms with Crippen LogP contribution in [0.15, 0.2) is 11.6 Å². The number of carboxylic acid groups (broad SMARTS) is 1. The fourth-order valence-corrected chi connectivity index (χ4v) is 0.683. The maximum Gasteiger partial charge on any atom is 0.330 e. The van der Waals surface area contributed by atoms with Gasteiger partial charge in [0.25, 0.3) is 0 Å². The second-order valence-corrected chi connectivity index (χ2v) is 2.57. The first-order valence-electron chi connectivity index (χ1n) is 3.54. The number of allylic oxidation sites excluding steroid dienone is 1. The minimum atomic E-state index is -1.05. The van der Waals surface area contributed by atoms with Crippen molar-refractivity contribution in [1.82, 2.24) is 0 Å². The van der Waals surface area contributed by atoms with Crippen LogP contribution >= 0.6 is 0 Å². The summed E-state index contributed by atoms with van der Waals surface area (Å²) >= 11 is 0. The molecule has 0 aromatic heterocycles. The Labute approximate surface area is 70.5 Å². The lowest BCUT2D eigenvalue weighted by Crippen LogP contribution is -2.14. The molecule has 68 valence electrons. The summed E-state index contributed by atoms with van der Waals surface area (Å²) in [6.07, 6.45) is 1.32. The van der Waals surface area contributed by atoms with Crippen LogP contribution in [0, 0.1) is 5.92 Å². The highest BCUT2D eigenvalue weighted by Crippen LogP contribution is 2.03. The van der Waals surface area contributed by atoms with Crippen LogP contribution in [0.3, 0.4) is 0 Å². The summed E-state index contributed by atoms with van der Waals surface area (Å²) < 4.78 is 0. The lowest BCUT2D eigenvalue weighted by Gasteiger charge is -2.02. The van der Waals surface area contributed by atoms with Gasteiger partial charge < -0.3 is 10.2 Å². The maximum absolute atomic E-state index is 10.8. The van der Waals surface area contributed by atoms with Gasteiger partial charge in [-0.05, 0) is 6.92 Å². The topological polar surface area (TPSA) is 74.6 Å². The van der Waals surface area contributed by atoms with E-state index in [4.69, 9.17) is 10.2 Å². The molecule has 0 aliphatic rings. The van der Waals surface area contributed by atoms with Crippen molar-refractivity contribution in [3.63, 3.8) is 0 Å². The van der Waals surface area contributed by atoms with Gasteiger partial charge in [0.2, 0.25) is 0 Å². The number of hydrogen-bond acceptors (Lipinski definition) is 3. The van der Waals surface area contributed by atoms with E-state index in [1.807, 2.05) is 0 Å². The summed E-state index contributed by atoms with van der Waals surface area (Å²) in [4.78, 5) is 21.1. The molecule has 0 aliphatic carbocycles. The van der Waals surface area contributed by atoms with Crippen LogP contribution in [0.5, 0.6) is 0 Å². The summed E-state index contributed by atoms with van der Waals surface area (Å²) in [6, 6.07) is 0. The lowest BCUT2D eigenvalue weighted by atomic mass is 10.0. The van der Waals surface area contributed by atoms with E-state index in [0.29, 0.717) is 0 Å². The molecule has 12 heavy (non-hydrogen) atoms. The average molecular weight is 172 g/mol. The Balaban J connectivity index is 4.33. The van der Waals surface area contributed by atoms with Crippen molar-refractivity contribution in [1.29, 1.82) is 0 Å². The molecule has 0 radical (unpaired) electrons. The second-order valence-electron chi connectivity index (χ2n) is 2.57. The van der Waals surface area contributed by atoms with E-state index in [0.717, 1.165) is 0 Å². The van der Waals surface area contributed by atoms with Crippen molar-refractivity contribution in [2.45, 2.75) is 13.8 Å². The van der Waals surface area contributed by atoms with Gasteiger partial charge in [-0.25, -0.2) is 4.79 Å². The predicted molar refractivity (Wildman–Crippen MR) is 42.6 cm³/mol. The van der Waals surface area contributed by atoms with Gasteiger partial charge in [-0.2, -0.15) is 0 Å². The van der Waals surface area contributed by atoms with Crippen molar-refractivity contribution >= 4 is 11.8 Å². The molecule has 4 heteroatoms. The van der Waals surface area contributed by atoms with Crippen LogP contribution in [-0.4, -0.2) is 28.6 Å². The number of aliphatic hydroxyl groups excluding tert-OH is 1. The Hall–Kier alpha value is -1.16. The third kappa shape index (κ3) is 3.30. The van der Waals surface area contributed by atoms with Gasteiger partial charge in [-0.15, -0.1) is 0 Å². The number of carbonyl (C=O) groups is 2. The minimum absolute atomic E-state index is 0.115. The van der Waals surface area contributed by atoms with Crippen LogP contribution in [-0.2, 0) is 9.59 Å². The molecule has 0 fully saturated rings. The van der Waals surface area contributed by atoms with Crippen molar-refractivity contribution in [3.8, 4) is 0 Å². The molecule has 0 spiro atoms. The summed E-state index contributed by atoms with van der Waals surface area (Å²) in [5, 5.41) is 16.9. The highest BCUT2D eigenvalue weighted by atomic mass is 16.4. The molecular formula is C8H12O4. The van der Waals surface area contributed by atoms with E-state index in [9.17, 15) is 9.59 Å². The number of ketones is 1. The first kappa shape index (κ1) is 10.8. The first-order chi connectivity index (χ1) is 5.49. The molecule has 0 rings (SSSR count). The summed E-state index contributed by atoms with van der Waals surface area (Å²) in [7, 11) is 0. The maximum atomic E-state index is 10.8. The van der Waals surface area contributed by atoms with Crippen LogP contribution < -0.4 is 0 Å². The summed E-state index contributed by atoms with van der Waals surface area (Å²) in [5.74, 6) is -1.96. The number of aliphatic hydroxyl groups is 1. The van der Waals surface area contributed by atoms with E-state index in [1.165, 1.54) is 13.0 Å². The van der Waals surface area contributed by atoms with Gasteiger partial charge in [-0.1, -0.05) is 13.0 Å². The van der Waals surface area contributed by atoms with Crippen LogP contribution in [0.4, 0.5) is 0 Å². The first-order valence-corrected chi connectivity index (χ1v) is 3.54. The zero-order valence-electron chi connectivity index (χ0n) is 7.07. The monoisotopic (exact) mass is 172 g/mol. The number of carbonyl (C=O) groups excluding carboxylic acids is 1. The molecule has 0 saturated heterocycles. The van der Waals surface area contributed by atoms with Crippen molar-refractivity contribution in [3.05, 3.63) is 11.6 Å². The summed E-state index contributed by atoms with van der Waals surface area (Å²) in [5.41, 5.74) is 0.115. The van der Waals surface area contributed by atoms with E-state index in [-0.39, 0.29) is 11.4 Å². The van der Waals surface area contributed by atoms with Gasteiger partial charge in [0.1, 0.15) is 6.61 Å². The zero-order valence-corrected chi connectivity index (χ0v) is 7.07. The van der Waals surface area contributed by atoms with Gasteiger partial charge in [0.05, 0.1) is 0 Å². The van der Waals surface area contributed by atoms with Gasteiger partial charge in [-0.3, -0.25) is 4.79 Å². The normalized spacial score (nSPS) is 14.1. The Morgan fingerprint density at radius 1 is 1.50 bits per heavy atom. The number of hydrogen-bond donors (Lipinski definition) is 2. The molecule has 0 aromatic carbocycles. The van der Waals surface area contributed by atoms with Crippen molar-refractivity contribution in [2.24, 2.45) is 5.92 Å². The molecule has 0 heterocycles. The minimum Gasteiger partial charge on any atom is -0.478 e. The van der Waals surface area contributed by atoms with Crippen LogP contribution in [0.25, 0.3) is 0 Å². The fraction of sp³-hybridized carbons (Fsp3) is 0.500. The van der Waals surface area contributed by atoms with Crippen molar-refractivity contribution in [2.75, 3.05) is 6.61 Å². The zero-order chi connectivity index (χ0) is 9.72. The number of rotatable bonds is 4. The molecule has 4 nitrogen and oxygen atoms in total. The molecule has 0 saturated carbocycles. The Kier molecular flexibility index (Phi) is 4.21. The van der Waals surface area contributed by atoms with Gasteiger partial charge in [0.15, 0.2) is 5.78 Å². The molecule has 0 amide bonds. The Bertz CT molecular complexity index is 217. The third-order valence-electron chi connectivity index (χ3n) is 1.50. The van der Waals surface area contributed by atoms with Crippen LogP contribution in [0.2, 0.25) is 0 Å². The molecular weight excluding hydrogens is 160 g/mol. The van der Waals surface area contributed by atoms with Gasteiger partial charge in [0, 0.05) is 11.5 Å². The number of aliphatic carboxylic acids is 1. The third-order valence-corrected chi connectivity index (χ3v) is 1.50. The highest BCUT2D eigenvalue weighted by molar-refractivity contribution is 5.89. The lowest BCUT2D eigenvalue weighted by molar-refractivity contribution is -0.132. The quantitative estimate of drug-likeness (QED) is 0.594. The molecule has 1 atom stereocenters. The molecule has 0 aromatic rings. The Morgan fingerprint density at radius 2 is 2.00 bits per heavy atom. The second kappa shape index (κ2) is 4.66. The molecule has 0 aliphatic heterocycles. The van der Waals surface area contributed by atoms with E-state index in [2.05, 4.69) is 0 Å². The number of carboxylic acids is 1. The predicted octanol–water partition coefficient (Wildman–Crippen LogP) is 0.215. The smallest absolute Gasteiger partial charge is 0.330 e. The van der Waals surface area contributed by atoms with Crippen molar-refractivity contribution < 1.29 is 19.8 Å². The number of Topliss-reactive ketones (excluding diaryl/α,β-unsaturated/α-hetero) is 1. The fourth-order valence-electron chi connectivity index (χ4n) is 0.683. The SMILES string of the molecule is CC(=CC(C)C(=O)CO)C(=O)O. The standard InChI is InChI=1S/C8H12O4/c1-5(7(10)4-9)3-6(2)8(11)12/h3,5,9H,4H2,1-2H3,(H,11,12). The average Bonchev–Trinajstić information content (AvgIpc) is 2.02. The highest BCUT2D eigenvalue weighted by Gasteiger charge is 2.10. The largest absolute Gasteiger partial charge is 0.478 e. The summed E-state index contributed by atoms with van der Waals surface area (Å²) in [6.45, 7) is 2.40. The molecule has 1 unspecified atom stereocenters. The van der Waals surface area contributed by atoms with E-state index >= 15 is 0 Å². The van der Waals surface area contributed by atoms with Gasteiger partial charge >= 0.3 is 5.97 Å². The molecule has 0 bridgehead atoms. The Morgan fingerprint density at radius 3 is 2.33 bits per heavy atom.